The SMILES string of the molecule is Cc1ccc(CNC(=O)CC(=O)Nc2cc(Cl)cc(Cl)c2)cc1. The van der Waals surface area contributed by atoms with Crippen LogP contribution in [0.25, 0.3) is 0 Å². The quantitative estimate of drug-likeness (QED) is 0.802. The second kappa shape index (κ2) is 7.99. The van der Waals surface area contributed by atoms with Crippen LogP contribution in [0.4, 0.5) is 5.69 Å². The number of halogens is 2. The first-order chi connectivity index (χ1) is 10.9. The van der Waals surface area contributed by atoms with E-state index in [0.717, 1.165) is 11.1 Å². The molecule has 0 aliphatic carbocycles. The van der Waals surface area contributed by atoms with Gasteiger partial charge in [0, 0.05) is 22.3 Å². The summed E-state index contributed by atoms with van der Waals surface area (Å²) < 4.78 is 0. The molecule has 2 amide bonds. The van der Waals surface area contributed by atoms with E-state index in [4.69, 9.17) is 23.2 Å². The van der Waals surface area contributed by atoms with E-state index in [-0.39, 0.29) is 12.3 Å². The van der Waals surface area contributed by atoms with Crippen LogP contribution in [-0.4, -0.2) is 11.8 Å². The van der Waals surface area contributed by atoms with Gasteiger partial charge in [-0.3, -0.25) is 9.59 Å². The van der Waals surface area contributed by atoms with E-state index < -0.39 is 5.91 Å². The molecular formula is C17H16Cl2N2O2. The third-order valence-corrected chi connectivity index (χ3v) is 3.51. The van der Waals surface area contributed by atoms with Gasteiger partial charge in [-0.15, -0.1) is 0 Å². The minimum atomic E-state index is -0.426. The molecule has 0 unspecified atom stereocenters. The lowest BCUT2D eigenvalue weighted by Gasteiger charge is -2.08. The van der Waals surface area contributed by atoms with Crippen LogP contribution in [-0.2, 0) is 16.1 Å². The number of nitrogens with one attached hydrogen (secondary N) is 2. The van der Waals surface area contributed by atoms with Crippen molar-refractivity contribution in [2.75, 3.05) is 5.32 Å². The smallest absolute Gasteiger partial charge is 0.233 e. The van der Waals surface area contributed by atoms with Gasteiger partial charge in [0.1, 0.15) is 6.42 Å². The summed E-state index contributed by atoms with van der Waals surface area (Å²) in [5, 5.41) is 6.12. The molecular weight excluding hydrogens is 335 g/mol. The number of amides is 2. The van der Waals surface area contributed by atoms with Gasteiger partial charge in [-0.1, -0.05) is 53.0 Å². The summed E-state index contributed by atoms with van der Waals surface area (Å²) in [6, 6.07) is 12.5. The van der Waals surface area contributed by atoms with E-state index in [1.807, 2.05) is 31.2 Å². The molecule has 0 heterocycles. The summed E-state index contributed by atoms with van der Waals surface area (Å²) >= 11 is 11.7. The number of benzene rings is 2. The monoisotopic (exact) mass is 350 g/mol. The molecule has 4 nitrogen and oxygen atoms in total. The highest BCUT2D eigenvalue weighted by Crippen LogP contribution is 2.22. The van der Waals surface area contributed by atoms with Crippen LogP contribution >= 0.6 is 23.2 Å². The van der Waals surface area contributed by atoms with E-state index in [0.29, 0.717) is 22.3 Å². The molecule has 2 N–H and O–H groups in total. The van der Waals surface area contributed by atoms with Crippen molar-refractivity contribution in [2.24, 2.45) is 0 Å². The Morgan fingerprint density at radius 3 is 2.17 bits per heavy atom. The van der Waals surface area contributed by atoms with Crippen LogP contribution in [0, 0.1) is 6.92 Å². The van der Waals surface area contributed by atoms with Crippen molar-refractivity contribution in [3.05, 3.63) is 63.6 Å². The maximum atomic E-state index is 11.8. The van der Waals surface area contributed by atoms with Crippen molar-refractivity contribution < 1.29 is 9.59 Å². The van der Waals surface area contributed by atoms with Gasteiger partial charge in [0.2, 0.25) is 11.8 Å². The number of rotatable bonds is 5. The molecule has 0 aliphatic heterocycles. The van der Waals surface area contributed by atoms with E-state index in [2.05, 4.69) is 10.6 Å². The fraction of sp³-hybridized carbons (Fsp3) is 0.176. The van der Waals surface area contributed by atoms with Crippen LogP contribution in [0.1, 0.15) is 17.5 Å². The van der Waals surface area contributed by atoms with Gasteiger partial charge in [0.05, 0.1) is 0 Å². The Hall–Kier alpha value is -2.04. The highest BCUT2D eigenvalue weighted by molar-refractivity contribution is 6.35. The fourth-order valence-electron chi connectivity index (χ4n) is 1.95. The molecule has 2 rings (SSSR count). The molecule has 0 aromatic heterocycles. The van der Waals surface area contributed by atoms with Crippen molar-refractivity contribution in [3.63, 3.8) is 0 Å². The molecule has 0 bridgehead atoms. The van der Waals surface area contributed by atoms with Crippen LogP contribution in [0.5, 0.6) is 0 Å². The predicted molar refractivity (Wildman–Crippen MR) is 92.7 cm³/mol. The highest BCUT2D eigenvalue weighted by atomic mass is 35.5. The molecule has 0 fully saturated rings. The molecule has 0 atom stereocenters. The molecule has 0 radical (unpaired) electrons. The fourth-order valence-corrected chi connectivity index (χ4v) is 2.47. The van der Waals surface area contributed by atoms with E-state index >= 15 is 0 Å². The van der Waals surface area contributed by atoms with Crippen LogP contribution in [0.15, 0.2) is 42.5 Å². The third kappa shape index (κ3) is 5.93. The molecule has 0 aliphatic rings. The maximum Gasteiger partial charge on any atom is 0.233 e. The topological polar surface area (TPSA) is 58.2 Å². The van der Waals surface area contributed by atoms with Crippen molar-refractivity contribution >= 4 is 40.7 Å². The zero-order valence-electron chi connectivity index (χ0n) is 12.5. The molecule has 23 heavy (non-hydrogen) atoms. The highest BCUT2D eigenvalue weighted by Gasteiger charge is 2.10. The number of aryl methyl sites for hydroxylation is 1. The first-order valence-corrected chi connectivity index (χ1v) is 7.76. The second-order valence-corrected chi connectivity index (χ2v) is 6.02. The summed E-state index contributed by atoms with van der Waals surface area (Å²) in [5.74, 6) is -0.777. The Kier molecular flexibility index (Phi) is 6.02. The van der Waals surface area contributed by atoms with E-state index in [9.17, 15) is 9.59 Å². The summed E-state index contributed by atoms with van der Waals surface area (Å²) in [6.07, 6.45) is -0.268. The molecule has 6 heteroatoms. The Balaban J connectivity index is 1.82. The first kappa shape index (κ1) is 17.3. The van der Waals surface area contributed by atoms with Crippen molar-refractivity contribution in [1.29, 1.82) is 0 Å². The average Bonchev–Trinajstić information content (AvgIpc) is 2.45. The maximum absolute atomic E-state index is 11.8. The largest absolute Gasteiger partial charge is 0.352 e. The summed E-state index contributed by atoms with van der Waals surface area (Å²) in [6.45, 7) is 2.38. The first-order valence-electron chi connectivity index (χ1n) is 7.00. The number of anilines is 1. The Morgan fingerprint density at radius 1 is 0.957 bits per heavy atom. The van der Waals surface area contributed by atoms with E-state index in [1.54, 1.807) is 18.2 Å². The number of hydrogen-bond donors (Lipinski definition) is 2. The standard InChI is InChI=1S/C17H16Cl2N2O2/c1-11-2-4-12(5-3-11)10-20-16(22)9-17(23)21-15-7-13(18)6-14(19)8-15/h2-8H,9-10H2,1H3,(H,20,22)(H,21,23). The molecule has 0 saturated carbocycles. The summed E-state index contributed by atoms with van der Waals surface area (Å²) in [5.41, 5.74) is 2.59. The molecule has 2 aromatic rings. The minimum Gasteiger partial charge on any atom is -0.352 e. The molecule has 0 spiro atoms. The van der Waals surface area contributed by atoms with Crippen LogP contribution < -0.4 is 10.6 Å². The van der Waals surface area contributed by atoms with Gasteiger partial charge in [0.25, 0.3) is 0 Å². The second-order valence-electron chi connectivity index (χ2n) is 5.15. The third-order valence-electron chi connectivity index (χ3n) is 3.08. The Bertz CT molecular complexity index is 695. The number of carbonyl (C=O) groups is 2. The molecule has 2 aromatic carbocycles. The van der Waals surface area contributed by atoms with Crippen LogP contribution in [0.2, 0.25) is 10.0 Å². The lowest BCUT2D eigenvalue weighted by molar-refractivity contribution is -0.126. The summed E-state index contributed by atoms with van der Waals surface area (Å²) in [4.78, 5) is 23.6. The normalized spacial score (nSPS) is 10.2. The van der Waals surface area contributed by atoms with Gasteiger partial charge in [-0.25, -0.2) is 0 Å². The lowest BCUT2D eigenvalue weighted by atomic mass is 10.1. The van der Waals surface area contributed by atoms with Crippen molar-refractivity contribution in [1.82, 2.24) is 5.32 Å². The average molecular weight is 351 g/mol. The number of hydrogen-bond acceptors (Lipinski definition) is 2. The Labute approximate surface area is 144 Å². The zero-order valence-corrected chi connectivity index (χ0v) is 14.0. The van der Waals surface area contributed by atoms with Gasteiger partial charge >= 0.3 is 0 Å². The minimum absolute atomic E-state index is 0.268. The molecule has 120 valence electrons. The summed E-state index contributed by atoms with van der Waals surface area (Å²) in [7, 11) is 0. The van der Waals surface area contributed by atoms with Gasteiger partial charge < -0.3 is 10.6 Å². The van der Waals surface area contributed by atoms with Crippen molar-refractivity contribution in [3.8, 4) is 0 Å². The van der Waals surface area contributed by atoms with Crippen LogP contribution in [0.3, 0.4) is 0 Å². The van der Waals surface area contributed by atoms with Crippen molar-refractivity contribution in [2.45, 2.75) is 19.9 Å². The van der Waals surface area contributed by atoms with E-state index in [1.165, 1.54) is 0 Å². The van der Waals surface area contributed by atoms with Gasteiger partial charge in [0.15, 0.2) is 0 Å². The zero-order chi connectivity index (χ0) is 16.8. The van der Waals surface area contributed by atoms with Gasteiger partial charge in [-0.2, -0.15) is 0 Å². The predicted octanol–water partition coefficient (Wildman–Crippen LogP) is 3.95. The Morgan fingerprint density at radius 2 is 1.57 bits per heavy atom. The number of carbonyl (C=O) groups excluding carboxylic acids is 2. The van der Waals surface area contributed by atoms with Gasteiger partial charge in [-0.05, 0) is 30.7 Å². The lowest BCUT2D eigenvalue weighted by Crippen LogP contribution is -2.27. The molecule has 0 saturated heterocycles.